The second-order valence-electron chi connectivity index (χ2n) is 5.48. The van der Waals surface area contributed by atoms with Crippen LogP contribution >= 0.6 is 11.6 Å². The highest BCUT2D eigenvalue weighted by atomic mass is 35.5. The molecule has 0 aliphatic heterocycles. The summed E-state index contributed by atoms with van der Waals surface area (Å²) in [7, 11) is 0. The third-order valence-electron chi connectivity index (χ3n) is 3.50. The van der Waals surface area contributed by atoms with E-state index in [9.17, 15) is 9.59 Å². The largest absolute Gasteiger partial charge is 0.480 e. The molecular formula is C18H21ClO5. The SMILES string of the molecule is CCCCc1cc(=O)oc2cc(OCC(=O)OCCC)c(Cl)cc12. The molecule has 6 heteroatoms. The van der Waals surface area contributed by atoms with E-state index in [1.165, 1.54) is 6.07 Å². The van der Waals surface area contributed by atoms with Crippen LogP contribution in [0.15, 0.2) is 27.4 Å². The van der Waals surface area contributed by atoms with E-state index in [1.54, 1.807) is 12.1 Å². The van der Waals surface area contributed by atoms with Crippen LogP contribution < -0.4 is 10.4 Å². The summed E-state index contributed by atoms with van der Waals surface area (Å²) in [4.78, 5) is 23.2. The number of hydrogen-bond donors (Lipinski definition) is 0. The second-order valence-corrected chi connectivity index (χ2v) is 5.89. The number of carbonyl (C=O) groups is 1. The lowest BCUT2D eigenvalue weighted by atomic mass is 10.0. The fourth-order valence-electron chi connectivity index (χ4n) is 2.31. The first-order valence-electron chi connectivity index (χ1n) is 8.09. The average molecular weight is 353 g/mol. The Hall–Kier alpha value is -2.01. The topological polar surface area (TPSA) is 65.7 Å². The standard InChI is InChI=1S/C18H21ClO5/c1-3-5-6-12-8-17(20)24-15-10-16(14(19)9-13(12)15)23-11-18(21)22-7-4-2/h8-10H,3-7,11H2,1-2H3. The van der Waals surface area contributed by atoms with E-state index < -0.39 is 11.6 Å². The molecule has 1 heterocycles. The molecule has 0 atom stereocenters. The Morgan fingerprint density at radius 1 is 1.21 bits per heavy atom. The third kappa shape index (κ3) is 4.74. The van der Waals surface area contributed by atoms with Gasteiger partial charge in [0.1, 0.15) is 11.3 Å². The number of aryl methyl sites for hydroxylation is 1. The molecule has 130 valence electrons. The number of carbonyl (C=O) groups excluding carboxylic acids is 1. The number of rotatable bonds is 8. The van der Waals surface area contributed by atoms with Crippen molar-refractivity contribution >= 4 is 28.5 Å². The zero-order valence-electron chi connectivity index (χ0n) is 13.9. The van der Waals surface area contributed by atoms with Gasteiger partial charge in [-0.2, -0.15) is 0 Å². The Kier molecular flexibility index (Phi) is 6.67. The molecule has 5 nitrogen and oxygen atoms in total. The van der Waals surface area contributed by atoms with Gasteiger partial charge in [-0.25, -0.2) is 9.59 Å². The van der Waals surface area contributed by atoms with Gasteiger partial charge in [-0.1, -0.05) is 31.9 Å². The summed E-state index contributed by atoms with van der Waals surface area (Å²) < 4.78 is 15.6. The first-order valence-corrected chi connectivity index (χ1v) is 8.47. The van der Waals surface area contributed by atoms with Gasteiger partial charge in [0.15, 0.2) is 6.61 Å². The fraction of sp³-hybridized carbons (Fsp3) is 0.444. The highest BCUT2D eigenvalue weighted by Gasteiger charge is 2.12. The number of ether oxygens (including phenoxy) is 2. The first-order chi connectivity index (χ1) is 11.5. The molecule has 0 aliphatic carbocycles. The monoisotopic (exact) mass is 352 g/mol. The zero-order chi connectivity index (χ0) is 17.5. The molecule has 0 unspecified atom stereocenters. The van der Waals surface area contributed by atoms with Crippen molar-refractivity contribution in [2.45, 2.75) is 39.5 Å². The van der Waals surface area contributed by atoms with Gasteiger partial charge in [-0.15, -0.1) is 0 Å². The zero-order valence-corrected chi connectivity index (χ0v) is 14.6. The Bertz CT molecular complexity index is 766. The van der Waals surface area contributed by atoms with Crippen LogP contribution in [-0.2, 0) is 16.0 Å². The molecule has 0 amide bonds. The van der Waals surface area contributed by atoms with Gasteiger partial charge < -0.3 is 13.9 Å². The van der Waals surface area contributed by atoms with E-state index in [0.717, 1.165) is 36.6 Å². The lowest BCUT2D eigenvalue weighted by molar-refractivity contribution is -0.146. The van der Waals surface area contributed by atoms with Crippen molar-refractivity contribution in [2.24, 2.45) is 0 Å². The summed E-state index contributed by atoms with van der Waals surface area (Å²) in [5.41, 5.74) is 0.887. The molecule has 24 heavy (non-hydrogen) atoms. The van der Waals surface area contributed by atoms with E-state index in [-0.39, 0.29) is 12.4 Å². The van der Waals surface area contributed by atoms with E-state index in [0.29, 0.717) is 17.2 Å². The second kappa shape index (κ2) is 8.73. The van der Waals surface area contributed by atoms with Crippen LogP contribution in [0, 0.1) is 0 Å². The quantitative estimate of drug-likeness (QED) is 0.528. The minimum Gasteiger partial charge on any atom is -0.480 e. The number of unbranched alkanes of at least 4 members (excludes halogenated alkanes) is 1. The summed E-state index contributed by atoms with van der Waals surface area (Å²) >= 11 is 6.24. The highest BCUT2D eigenvalue weighted by molar-refractivity contribution is 6.32. The lowest BCUT2D eigenvalue weighted by Crippen LogP contribution is -2.15. The van der Waals surface area contributed by atoms with Crippen LogP contribution in [0.1, 0.15) is 38.7 Å². The molecule has 0 saturated heterocycles. The van der Waals surface area contributed by atoms with Crippen LogP contribution in [0.25, 0.3) is 11.0 Å². The van der Waals surface area contributed by atoms with Crippen molar-refractivity contribution in [3.8, 4) is 5.75 Å². The predicted octanol–water partition coefficient (Wildman–Crippen LogP) is 4.12. The van der Waals surface area contributed by atoms with Crippen LogP contribution in [0.5, 0.6) is 5.75 Å². The highest BCUT2D eigenvalue weighted by Crippen LogP contribution is 2.31. The van der Waals surface area contributed by atoms with Gasteiger partial charge in [0, 0.05) is 17.5 Å². The molecule has 0 N–H and O–H groups in total. The number of fused-ring (bicyclic) bond motifs is 1. The Balaban J connectivity index is 2.25. The smallest absolute Gasteiger partial charge is 0.344 e. The summed E-state index contributed by atoms with van der Waals surface area (Å²) in [6, 6.07) is 4.75. The van der Waals surface area contributed by atoms with Gasteiger partial charge in [0.2, 0.25) is 0 Å². The lowest BCUT2D eigenvalue weighted by Gasteiger charge is -2.10. The van der Waals surface area contributed by atoms with Gasteiger partial charge in [-0.3, -0.25) is 0 Å². The van der Waals surface area contributed by atoms with Crippen molar-refractivity contribution in [3.05, 3.63) is 39.2 Å². The Morgan fingerprint density at radius 3 is 2.71 bits per heavy atom. The van der Waals surface area contributed by atoms with Gasteiger partial charge in [-0.05, 0) is 30.9 Å². The van der Waals surface area contributed by atoms with Crippen LogP contribution in [0.4, 0.5) is 0 Å². The molecule has 0 spiro atoms. The van der Waals surface area contributed by atoms with E-state index in [4.69, 9.17) is 25.5 Å². The van der Waals surface area contributed by atoms with Crippen LogP contribution in [0.3, 0.4) is 0 Å². The molecule has 0 radical (unpaired) electrons. The summed E-state index contributed by atoms with van der Waals surface area (Å²) in [6.07, 6.45) is 3.51. The predicted molar refractivity (Wildman–Crippen MR) is 92.9 cm³/mol. The van der Waals surface area contributed by atoms with Crippen molar-refractivity contribution in [3.63, 3.8) is 0 Å². The molecule has 0 saturated carbocycles. The fourth-order valence-corrected chi connectivity index (χ4v) is 2.53. The normalized spacial score (nSPS) is 10.8. The van der Waals surface area contributed by atoms with Gasteiger partial charge >= 0.3 is 11.6 Å². The van der Waals surface area contributed by atoms with E-state index in [1.807, 2.05) is 6.92 Å². The van der Waals surface area contributed by atoms with Crippen LogP contribution in [0.2, 0.25) is 5.02 Å². The van der Waals surface area contributed by atoms with Crippen molar-refractivity contribution in [2.75, 3.05) is 13.2 Å². The minimum absolute atomic E-state index is 0.245. The first kappa shape index (κ1) is 18.3. The summed E-state index contributed by atoms with van der Waals surface area (Å²) in [6.45, 7) is 4.10. The third-order valence-corrected chi connectivity index (χ3v) is 3.79. The van der Waals surface area contributed by atoms with Crippen molar-refractivity contribution in [1.29, 1.82) is 0 Å². The van der Waals surface area contributed by atoms with E-state index in [2.05, 4.69) is 6.92 Å². The molecule has 0 aliphatic rings. The number of hydrogen-bond acceptors (Lipinski definition) is 5. The molecular weight excluding hydrogens is 332 g/mol. The number of halogens is 1. The molecule has 1 aromatic carbocycles. The molecule has 2 aromatic rings. The maximum Gasteiger partial charge on any atom is 0.344 e. The van der Waals surface area contributed by atoms with Crippen molar-refractivity contribution < 1.29 is 18.7 Å². The maximum atomic E-state index is 11.7. The average Bonchev–Trinajstić information content (AvgIpc) is 2.56. The molecule has 2 rings (SSSR count). The Labute approximate surface area is 145 Å². The van der Waals surface area contributed by atoms with E-state index >= 15 is 0 Å². The van der Waals surface area contributed by atoms with Crippen LogP contribution in [-0.4, -0.2) is 19.2 Å². The number of benzene rings is 1. The minimum atomic E-state index is -0.467. The molecule has 0 fully saturated rings. The summed E-state index contributed by atoms with van der Waals surface area (Å²) in [5.74, 6) is -0.181. The number of esters is 1. The van der Waals surface area contributed by atoms with Crippen molar-refractivity contribution in [1.82, 2.24) is 0 Å². The van der Waals surface area contributed by atoms with Gasteiger partial charge in [0.25, 0.3) is 0 Å². The molecule has 0 bridgehead atoms. The molecule has 1 aromatic heterocycles. The summed E-state index contributed by atoms with van der Waals surface area (Å²) in [5, 5.41) is 1.14. The van der Waals surface area contributed by atoms with Gasteiger partial charge in [0.05, 0.1) is 11.6 Å². The Morgan fingerprint density at radius 2 is 2.00 bits per heavy atom. The maximum absolute atomic E-state index is 11.7.